The van der Waals surface area contributed by atoms with E-state index in [0.29, 0.717) is 0 Å². The van der Waals surface area contributed by atoms with Gasteiger partial charge < -0.3 is 5.32 Å². The minimum atomic E-state index is -0.0915. The van der Waals surface area contributed by atoms with E-state index in [1.807, 2.05) is 27.0 Å². The Labute approximate surface area is 91.1 Å². The second-order valence-corrected chi connectivity index (χ2v) is 3.52. The molecule has 15 heavy (non-hydrogen) atoms. The normalized spacial score (nSPS) is 14.2. The minimum absolute atomic E-state index is 0.0915. The van der Waals surface area contributed by atoms with Gasteiger partial charge in [-0.25, -0.2) is 4.39 Å². The average molecular weight is 210 g/mol. The molecule has 0 atom stereocenters. The fourth-order valence-electron chi connectivity index (χ4n) is 1.77. The van der Waals surface area contributed by atoms with Gasteiger partial charge in [0.25, 0.3) is 0 Å². The highest BCUT2D eigenvalue weighted by atomic mass is 19.1. The summed E-state index contributed by atoms with van der Waals surface area (Å²) in [7, 11) is 3.80. The van der Waals surface area contributed by atoms with E-state index in [4.69, 9.17) is 0 Å². The van der Waals surface area contributed by atoms with Crippen LogP contribution in [-0.4, -0.2) is 19.0 Å². The largest absolute Gasteiger partial charge is 0.388 e. The maximum Gasteiger partial charge on any atom is 0.130 e. The molecule has 2 nitrogen and oxygen atoms in total. The van der Waals surface area contributed by atoms with Crippen molar-refractivity contribution in [3.05, 3.63) is 29.1 Å². The predicted molar refractivity (Wildman–Crippen MR) is 62.5 cm³/mol. The zero-order valence-corrected chi connectivity index (χ0v) is 9.89. The number of fused-ring (bicyclic) bond motifs is 1. The first-order valence-electron chi connectivity index (χ1n) is 5.38. The van der Waals surface area contributed by atoms with E-state index >= 15 is 0 Å². The molecular formula is C12H19FN2. The third kappa shape index (κ3) is 2.48. The van der Waals surface area contributed by atoms with Crippen LogP contribution in [0.3, 0.4) is 0 Å². The molecule has 0 radical (unpaired) electrons. The number of nitrogens with one attached hydrogen (secondary N) is 1. The van der Waals surface area contributed by atoms with Gasteiger partial charge in [-0.15, -0.1) is 0 Å². The zero-order valence-electron chi connectivity index (χ0n) is 9.89. The number of hydrogen-bond donors (Lipinski definition) is 1. The van der Waals surface area contributed by atoms with Gasteiger partial charge in [-0.05, 0) is 24.7 Å². The molecule has 0 bridgehead atoms. The van der Waals surface area contributed by atoms with E-state index < -0.39 is 0 Å². The Morgan fingerprint density at radius 3 is 2.53 bits per heavy atom. The van der Waals surface area contributed by atoms with E-state index in [2.05, 4.69) is 10.2 Å². The smallest absolute Gasteiger partial charge is 0.130 e. The molecule has 1 N–H and O–H groups in total. The summed E-state index contributed by atoms with van der Waals surface area (Å²) in [4.78, 5) is 2.10. The van der Waals surface area contributed by atoms with Crippen LogP contribution in [0, 0.1) is 5.82 Å². The lowest BCUT2D eigenvalue weighted by Gasteiger charge is -2.04. The van der Waals surface area contributed by atoms with E-state index in [1.165, 1.54) is 0 Å². The van der Waals surface area contributed by atoms with Gasteiger partial charge in [-0.1, -0.05) is 13.8 Å². The molecule has 0 amide bonds. The van der Waals surface area contributed by atoms with E-state index in [1.54, 1.807) is 13.1 Å². The third-order valence-electron chi connectivity index (χ3n) is 2.44. The molecule has 0 spiro atoms. The Kier molecular flexibility index (Phi) is 4.09. The molecule has 0 aliphatic carbocycles. The number of nitrogens with zero attached hydrogens (tertiary/aromatic N) is 1. The standard InChI is InChI=1S/C10H13FN2.C2H6/c1-12-8-3-7-5-13(2)6-9(7)10(11)4-8;1-2/h3-4,12H,5-6H2,1-2H3;1-2H3. The van der Waals surface area contributed by atoms with Gasteiger partial charge in [0.1, 0.15) is 5.82 Å². The molecule has 3 heteroatoms. The third-order valence-corrected chi connectivity index (χ3v) is 2.44. The average Bonchev–Trinajstić information content (AvgIpc) is 2.62. The summed E-state index contributed by atoms with van der Waals surface area (Å²) in [5.41, 5.74) is 2.81. The highest BCUT2D eigenvalue weighted by molar-refractivity contribution is 5.50. The van der Waals surface area contributed by atoms with Gasteiger partial charge in [0.15, 0.2) is 0 Å². The van der Waals surface area contributed by atoms with Gasteiger partial charge in [0, 0.05) is 31.4 Å². The summed E-state index contributed by atoms with van der Waals surface area (Å²) < 4.78 is 13.4. The first kappa shape index (κ1) is 12.0. The van der Waals surface area contributed by atoms with E-state index in [0.717, 1.165) is 29.9 Å². The van der Waals surface area contributed by atoms with Crippen LogP contribution < -0.4 is 5.32 Å². The van der Waals surface area contributed by atoms with Crippen LogP contribution >= 0.6 is 0 Å². The Balaban J connectivity index is 0.000000531. The Hall–Kier alpha value is -1.09. The van der Waals surface area contributed by atoms with Crippen LogP contribution in [0.4, 0.5) is 10.1 Å². The Morgan fingerprint density at radius 2 is 1.93 bits per heavy atom. The van der Waals surface area contributed by atoms with Crippen molar-refractivity contribution in [2.24, 2.45) is 0 Å². The van der Waals surface area contributed by atoms with Crippen LogP contribution in [0.15, 0.2) is 12.1 Å². The van der Waals surface area contributed by atoms with Crippen molar-refractivity contribution in [1.29, 1.82) is 0 Å². The van der Waals surface area contributed by atoms with Crippen LogP contribution in [-0.2, 0) is 13.1 Å². The second-order valence-electron chi connectivity index (χ2n) is 3.52. The molecule has 0 unspecified atom stereocenters. The first-order chi connectivity index (χ1) is 7.20. The number of halogens is 1. The summed E-state index contributed by atoms with van der Waals surface area (Å²) in [6.45, 7) is 5.58. The van der Waals surface area contributed by atoms with Crippen LogP contribution in [0.5, 0.6) is 0 Å². The number of hydrogen-bond acceptors (Lipinski definition) is 2. The number of benzene rings is 1. The summed E-state index contributed by atoms with van der Waals surface area (Å²) in [5.74, 6) is -0.0915. The molecule has 2 rings (SSSR count). The molecular weight excluding hydrogens is 191 g/mol. The quantitative estimate of drug-likeness (QED) is 0.766. The van der Waals surface area contributed by atoms with Crippen LogP contribution in [0.2, 0.25) is 0 Å². The molecule has 0 saturated heterocycles. The number of anilines is 1. The molecule has 0 fully saturated rings. The monoisotopic (exact) mass is 210 g/mol. The summed E-state index contributed by atoms with van der Waals surface area (Å²) in [5, 5.41) is 2.95. The van der Waals surface area contributed by atoms with Crippen molar-refractivity contribution >= 4 is 5.69 Å². The number of rotatable bonds is 1. The second kappa shape index (κ2) is 5.12. The van der Waals surface area contributed by atoms with Gasteiger partial charge >= 0.3 is 0 Å². The maximum atomic E-state index is 13.4. The molecule has 1 heterocycles. The summed E-state index contributed by atoms with van der Waals surface area (Å²) in [6, 6.07) is 3.57. The predicted octanol–water partition coefficient (Wildman–Crippen LogP) is 2.84. The molecule has 1 aromatic carbocycles. The van der Waals surface area contributed by atoms with E-state index in [-0.39, 0.29) is 5.82 Å². The lowest BCUT2D eigenvalue weighted by atomic mass is 10.1. The van der Waals surface area contributed by atoms with Gasteiger partial charge in [0.05, 0.1) is 0 Å². The SMILES string of the molecule is CC.CNc1cc(F)c2c(c1)CN(C)C2. The van der Waals surface area contributed by atoms with Crippen molar-refractivity contribution in [3.8, 4) is 0 Å². The molecule has 0 aromatic heterocycles. The molecule has 84 valence electrons. The molecule has 1 aliphatic rings. The highest BCUT2D eigenvalue weighted by Crippen LogP contribution is 2.27. The van der Waals surface area contributed by atoms with Crippen molar-refractivity contribution in [1.82, 2.24) is 4.90 Å². The van der Waals surface area contributed by atoms with Crippen molar-refractivity contribution in [3.63, 3.8) is 0 Å². The van der Waals surface area contributed by atoms with Crippen molar-refractivity contribution in [2.45, 2.75) is 26.9 Å². The van der Waals surface area contributed by atoms with Crippen molar-refractivity contribution < 1.29 is 4.39 Å². The van der Waals surface area contributed by atoms with Crippen LogP contribution in [0.1, 0.15) is 25.0 Å². The van der Waals surface area contributed by atoms with Gasteiger partial charge in [-0.2, -0.15) is 0 Å². The van der Waals surface area contributed by atoms with Gasteiger partial charge in [0.2, 0.25) is 0 Å². The summed E-state index contributed by atoms with van der Waals surface area (Å²) >= 11 is 0. The lowest BCUT2D eigenvalue weighted by molar-refractivity contribution is 0.350. The van der Waals surface area contributed by atoms with Gasteiger partial charge in [-0.3, -0.25) is 4.90 Å². The first-order valence-corrected chi connectivity index (χ1v) is 5.38. The highest BCUT2D eigenvalue weighted by Gasteiger charge is 2.19. The lowest BCUT2D eigenvalue weighted by Crippen LogP contribution is -2.07. The van der Waals surface area contributed by atoms with Crippen LogP contribution in [0.25, 0.3) is 0 Å². The Bertz CT molecular complexity index is 337. The van der Waals surface area contributed by atoms with E-state index in [9.17, 15) is 4.39 Å². The maximum absolute atomic E-state index is 13.4. The molecule has 0 saturated carbocycles. The topological polar surface area (TPSA) is 15.3 Å². The fraction of sp³-hybridized carbons (Fsp3) is 0.500. The molecule has 1 aliphatic heterocycles. The minimum Gasteiger partial charge on any atom is -0.388 e. The molecule has 1 aromatic rings. The summed E-state index contributed by atoms with van der Waals surface area (Å²) in [6.07, 6.45) is 0. The zero-order chi connectivity index (χ0) is 11.4. The Morgan fingerprint density at radius 1 is 1.27 bits per heavy atom. The van der Waals surface area contributed by atoms with Crippen molar-refractivity contribution in [2.75, 3.05) is 19.4 Å². The fourth-order valence-corrected chi connectivity index (χ4v) is 1.77.